The molecule has 0 aliphatic carbocycles. The van der Waals surface area contributed by atoms with E-state index in [0.29, 0.717) is 29.5 Å². The highest BCUT2D eigenvalue weighted by Gasteiger charge is 2.30. The Morgan fingerprint density at radius 3 is 2.59 bits per heavy atom. The van der Waals surface area contributed by atoms with Gasteiger partial charge in [-0.2, -0.15) is 5.26 Å². The lowest BCUT2D eigenvalue weighted by Crippen LogP contribution is -2.42. The third-order valence-electron chi connectivity index (χ3n) is 6.74. The molecule has 3 atom stereocenters. The lowest BCUT2D eigenvalue weighted by molar-refractivity contribution is 0.170. The number of nitrogens with zero attached hydrogens (tertiary/aromatic N) is 4. The Morgan fingerprint density at radius 1 is 1.11 bits per heavy atom. The molecule has 1 aliphatic heterocycles. The fourth-order valence-corrected chi connectivity index (χ4v) is 4.90. The molecule has 8 heteroatoms. The summed E-state index contributed by atoms with van der Waals surface area (Å²) in [7, 11) is 0. The highest BCUT2D eigenvalue weighted by molar-refractivity contribution is 6.30. The molecule has 0 bridgehead atoms. The van der Waals surface area contributed by atoms with E-state index in [1.54, 1.807) is 36.7 Å². The van der Waals surface area contributed by atoms with Crippen LogP contribution < -0.4 is 10.6 Å². The normalized spacial score (nSPS) is 19.2. The predicted octanol–water partition coefficient (Wildman–Crippen LogP) is 6.73. The first-order valence-corrected chi connectivity index (χ1v) is 12.9. The van der Waals surface area contributed by atoms with Crippen LogP contribution in [0.5, 0.6) is 0 Å². The second kappa shape index (κ2) is 12.9. The van der Waals surface area contributed by atoms with Gasteiger partial charge < -0.3 is 10.2 Å². The summed E-state index contributed by atoms with van der Waals surface area (Å²) < 4.78 is 0. The van der Waals surface area contributed by atoms with Gasteiger partial charge in [0, 0.05) is 35.6 Å². The Hall–Kier alpha value is -3.89. The number of urea groups is 1. The third kappa shape index (κ3) is 7.08. The van der Waals surface area contributed by atoms with Crippen LogP contribution in [0.1, 0.15) is 55.8 Å². The molecule has 2 heterocycles. The van der Waals surface area contributed by atoms with Crippen LogP contribution in [0.3, 0.4) is 0 Å². The van der Waals surface area contributed by atoms with Crippen LogP contribution in [0.4, 0.5) is 10.5 Å². The van der Waals surface area contributed by atoms with Crippen LogP contribution in [0.2, 0.25) is 5.02 Å². The lowest BCUT2D eigenvalue weighted by atomic mass is 9.89. The van der Waals surface area contributed by atoms with Gasteiger partial charge >= 0.3 is 6.03 Å². The summed E-state index contributed by atoms with van der Waals surface area (Å²) in [6, 6.07) is 20.8. The molecule has 0 saturated carbocycles. The van der Waals surface area contributed by atoms with Gasteiger partial charge in [-0.3, -0.25) is 15.3 Å². The number of nitriles is 1. The van der Waals surface area contributed by atoms with Gasteiger partial charge in [-0.25, -0.2) is 4.79 Å². The smallest absolute Gasteiger partial charge is 0.317 e. The lowest BCUT2D eigenvalue weighted by Gasteiger charge is -2.36. The van der Waals surface area contributed by atoms with Crippen molar-refractivity contribution in [2.24, 2.45) is 10.9 Å². The van der Waals surface area contributed by atoms with E-state index in [9.17, 15) is 10.1 Å². The summed E-state index contributed by atoms with van der Waals surface area (Å²) in [5.74, 6) is 0.691. The standard InChI is InChI=1S/C29H31ClN6O/c1-21(24-10-6-17-32-19-24)34-28(33-20-31)23-9-5-11-27(22-7-3-2-4-8-22)36(18-16-23)29(37)35-26-14-12-25(30)13-15-26/h2-4,6-8,10,12-15,17,19,21,23,27H,5,9,11,16,18H2,1H3,(H,33,34)(H,35,37). The van der Waals surface area contributed by atoms with Crippen LogP contribution in [-0.4, -0.2) is 28.3 Å². The largest absolute Gasteiger partial charge is 0.322 e. The van der Waals surface area contributed by atoms with E-state index in [1.165, 1.54) is 0 Å². The Kier molecular flexibility index (Phi) is 9.12. The molecule has 2 N–H and O–H groups in total. The van der Waals surface area contributed by atoms with Gasteiger partial charge in [-0.05, 0) is 67.6 Å². The van der Waals surface area contributed by atoms with Crippen molar-refractivity contribution in [1.29, 1.82) is 5.26 Å². The molecule has 1 aliphatic rings. The van der Waals surface area contributed by atoms with Gasteiger partial charge in [0.2, 0.25) is 0 Å². The van der Waals surface area contributed by atoms with Crippen LogP contribution in [-0.2, 0) is 0 Å². The van der Waals surface area contributed by atoms with Gasteiger partial charge in [-0.15, -0.1) is 0 Å². The first-order chi connectivity index (χ1) is 18.0. The minimum atomic E-state index is -0.160. The van der Waals surface area contributed by atoms with Crippen LogP contribution in [0.25, 0.3) is 0 Å². The predicted molar refractivity (Wildman–Crippen MR) is 147 cm³/mol. The van der Waals surface area contributed by atoms with Gasteiger partial charge in [0.15, 0.2) is 6.19 Å². The average Bonchev–Trinajstić information content (AvgIpc) is 2.91. The zero-order chi connectivity index (χ0) is 26.0. The Bertz CT molecular complexity index is 1230. The molecule has 2 aromatic carbocycles. The SMILES string of the molecule is CC(N=C(NC#N)C1CCCC(c2ccccc2)N(C(=O)Nc2ccc(Cl)cc2)CC1)c1cccnc1. The number of pyridine rings is 1. The molecule has 0 spiro atoms. The summed E-state index contributed by atoms with van der Waals surface area (Å²) >= 11 is 6.02. The third-order valence-corrected chi connectivity index (χ3v) is 6.99. The summed E-state index contributed by atoms with van der Waals surface area (Å²) in [4.78, 5) is 24.5. The maximum atomic E-state index is 13.5. The molecule has 0 radical (unpaired) electrons. The summed E-state index contributed by atoms with van der Waals surface area (Å²) in [5.41, 5.74) is 2.79. The molecule has 3 aromatic rings. The van der Waals surface area contributed by atoms with Crippen molar-refractivity contribution in [1.82, 2.24) is 15.2 Å². The molecule has 1 fully saturated rings. The van der Waals surface area contributed by atoms with Gasteiger partial charge in [-0.1, -0.05) is 54.4 Å². The second-order valence-electron chi connectivity index (χ2n) is 9.19. The maximum Gasteiger partial charge on any atom is 0.322 e. The molecular formula is C29H31ClN6O. The van der Waals surface area contributed by atoms with E-state index in [-0.39, 0.29) is 24.0 Å². The van der Waals surface area contributed by atoms with Crippen LogP contribution in [0, 0.1) is 17.4 Å². The highest BCUT2D eigenvalue weighted by atomic mass is 35.5. The minimum absolute atomic E-state index is 0.0290. The van der Waals surface area contributed by atoms with Crippen molar-refractivity contribution in [2.45, 2.75) is 44.7 Å². The molecule has 2 amide bonds. The number of hydrogen-bond acceptors (Lipinski definition) is 4. The molecule has 1 saturated heterocycles. The van der Waals surface area contributed by atoms with Crippen molar-refractivity contribution in [3.05, 3.63) is 95.3 Å². The minimum Gasteiger partial charge on any atom is -0.317 e. The second-order valence-corrected chi connectivity index (χ2v) is 9.62. The number of carbonyl (C=O) groups excluding carboxylic acids is 1. The van der Waals surface area contributed by atoms with Crippen molar-refractivity contribution in [2.75, 3.05) is 11.9 Å². The van der Waals surface area contributed by atoms with Gasteiger partial charge in [0.25, 0.3) is 0 Å². The number of halogens is 1. The van der Waals surface area contributed by atoms with Crippen molar-refractivity contribution < 1.29 is 4.79 Å². The maximum absolute atomic E-state index is 13.5. The van der Waals surface area contributed by atoms with Gasteiger partial charge in [0.05, 0.1) is 12.1 Å². The van der Waals surface area contributed by atoms with E-state index in [1.807, 2.05) is 42.2 Å². The van der Waals surface area contributed by atoms with Crippen molar-refractivity contribution >= 4 is 29.2 Å². The number of aromatic nitrogens is 1. The number of carbonyl (C=O) groups is 1. The zero-order valence-corrected chi connectivity index (χ0v) is 21.6. The monoisotopic (exact) mass is 514 g/mol. The number of amides is 2. The van der Waals surface area contributed by atoms with E-state index in [4.69, 9.17) is 16.6 Å². The Balaban J connectivity index is 1.57. The first-order valence-electron chi connectivity index (χ1n) is 12.6. The number of nitrogens with one attached hydrogen (secondary N) is 2. The topological polar surface area (TPSA) is 93.4 Å². The number of aliphatic imine (C=N–C) groups is 1. The average molecular weight is 515 g/mol. The molecule has 3 unspecified atom stereocenters. The molecule has 190 valence electrons. The molecular weight excluding hydrogens is 484 g/mol. The Labute approximate surface area is 223 Å². The van der Waals surface area contributed by atoms with E-state index in [2.05, 4.69) is 33.9 Å². The number of rotatable bonds is 5. The van der Waals surface area contributed by atoms with E-state index in [0.717, 1.165) is 30.4 Å². The zero-order valence-electron chi connectivity index (χ0n) is 20.8. The number of amidine groups is 1. The molecule has 7 nitrogen and oxygen atoms in total. The number of anilines is 1. The molecule has 1 aromatic heterocycles. The highest BCUT2D eigenvalue weighted by Crippen LogP contribution is 2.33. The first kappa shape index (κ1) is 26.2. The quantitative estimate of drug-likeness (QED) is 0.171. The fraction of sp³-hybridized carbons (Fsp3) is 0.310. The van der Waals surface area contributed by atoms with Crippen LogP contribution in [0.15, 0.2) is 84.1 Å². The number of hydrogen-bond donors (Lipinski definition) is 2. The van der Waals surface area contributed by atoms with Crippen LogP contribution >= 0.6 is 11.6 Å². The van der Waals surface area contributed by atoms with E-state index >= 15 is 0 Å². The van der Waals surface area contributed by atoms with Gasteiger partial charge in [0.1, 0.15) is 5.84 Å². The summed E-state index contributed by atoms with van der Waals surface area (Å²) in [6.07, 6.45) is 8.86. The van der Waals surface area contributed by atoms with E-state index < -0.39 is 0 Å². The Morgan fingerprint density at radius 2 is 1.89 bits per heavy atom. The molecule has 37 heavy (non-hydrogen) atoms. The van der Waals surface area contributed by atoms with Crippen molar-refractivity contribution in [3.63, 3.8) is 0 Å². The molecule has 4 rings (SSSR count). The van der Waals surface area contributed by atoms with Crippen molar-refractivity contribution in [3.8, 4) is 6.19 Å². The number of benzene rings is 2. The number of likely N-dealkylation sites (tertiary alicyclic amines) is 1. The summed E-state index contributed by atoms with van der Waals surface area (Å²) in [6.45, 7) is 2.52. The summed E-state index contributed by atoms with van der Waals surface area (Å²) in [5, 5.41) is 15.9. The fourth-order valence-electron chi connectivity index (χ4n) is 4.78.